The van der Waals surface area contributed by atoms with Gasteiger partial charge in [0, 0.05) is 22.9 Å². The van der Waals surface area contributed by atoms with E-state index in [1.165, 1.54) is 11.0 Å². The minimum atomic E-state index is -0.604. The number of piperidine rings is 1. The van der Waals surface area contributed by atoms with Crippen LogP contribution in [0.4, 0.5) is 4.39 Å². The molecule has 3 atom stereocenters. The quantitative estimate of drug-likeness (QED) is 0.862. The van der Waals surface area contributed by atoms with Crippen LogP contribution in [0.2, 0.25) is 0 Å². The summed E-state index contributed by atoms with van der Waals surface area (Å²) in [5.74, 6) is -0.993. The first-order valence-electron chi connectivity index (χ1n) is 8.99. The lowest BCUT2D eigenvalue weighted by molar-refractivity contribution is -0.126. The standard InChI is InChI=1S/C19H22FN3O3/c1-10-5-7-14(18(24)22-10)23-9-12-11(19(23)25)6-8-16(17(12)20)26-15-4-2-3-13(15)21/h6,8,13-15H,1-5,7,9,21H2,(H,22,24)/t13-,14?,15-/m1/s1. The Bertz CT molecular complexity index is 794. The highest BCUT2D eigenvalue weighted by Crippen LogP contribution is 2.35. The first-order valence-corrected chi connectivity index (χ1v) is 8.99. The normalized spacial score (nSPS) is 28.3. The molecule has 2 fully saturated rings. The van der Waals surface area contributed by atoms with Crippen LogP contribution in [-0.2, 0) is 11.3 Å². The Morgan fingerprint density at radius 1 is 1.27 bits per heavy atom. The lowest BCUT2D eigenvalue weighted by Gasteiger charge is -2.30. The highest BCUT2D eigenvalue weighted by atomic mass is 19.1. The summed E-state index contributed by atoms with van der Waals surface area (Å²) in [6.07, 6.45) is 3.53. The number of fused-ring (bicyclic) bond motifs is 1. The summed E-state index contributed by atoms with van der Waals surface area (Å²) in [5.41, 5.74) is 7.22. The van der Waals surface area contributed by atoms with Crippen molar-refractivity contribution in [1.29, 1.82) is 0 Å². The van der Waals surface area contributed by atoms with Gasteiger partial charge in [0.2, 0.25) is 5.91 Å². The van der Waals surface area contributed by atoms with Crippen molar-refractivity contribution in [3.63, 3.8) is 0 Å². The van der Waals surface area contributed by atoms with Gasteiger partial charge in [0.15, 0.2) is 11.6 Å². The first kappa shape index (κ1) is 17.0. The summed E-state index contributed by atoms with van der Waals surface area (Å²) in [7, 11) is 0. The Morgan fingerprint density at radius 3 is 2.77 bits per heavy atom. The molecular formula is C19H22FN3O3. The van der Waals surface area contributed by atoms with E-state index in [1.807, 2.05) is 0 Å². The molecule has 7 heteroatoms. The summed E-state index contributed by atoms with van der Waals surface area (Å²) in [4.78, 5) is 26.3. The zero-order chi connectivity index (χ0) is 18.4. The van der Waals surface area contributed by atoms with Gasteiger partial charge in [0.25, 0.3) is 5.91 Å². The highest BCUT2D eigenvalue weighted by molar-refractivity contribution is 6.01. The maximum absolute atomic E-state index is 15.0. The van der Waals surface area contributed by atoms with Gasteiger partial charge in [-0.25, -0.2) is 4.39 Å². The van der Waals surface area contributed by atoms with E-state index in [-0.39, 0.29) is 41.8 Å². The molecule has 0 bridgehead atoms. The lowest BCUT2D eigenvalue weighted by Crippen LogP contribution is -2.49. The van der Waals surface area contributed by atoms with Gasteiger partial charge in [-0.05, 0) is 44.2 Å². The monoisotopic (exact) mass is 359 g/mol. The molecule has 2 aliphatic heterocycles. The molecule has 3 aliphatic rings. The van der Waals surface area contributed by atoms with Crippen molar-refractivity contribution in [1.82, 2.24) is 10.2 Å². The van der Waals surface area contributed by atoms with Crippen molar-refractivity contribution >= 4 is 11.8 Å². The molecule has 3 N–H and O–H groups in total. The number of nitrogens with zero attached hydrogens (tertiary/aromatic N) is 1. The lowest BCUT2D eigenvalue weighted by atomic mass is 10.0. The molecule has 1 aromatic carbocycles. The molecule has 0 spiro atoms. The van der Waals surface area contributed by atoms with Crippen LogP contribution in [0.1, 0.15) is 48.0 Å². The third-order valence-corrected chi connectivity index (χ3v) is 5.51. The van der Waals surface area contributed by atoms with Crippen LogP contribution in [0, 0.1) is 5.82 Å². The number of rotatable bonds is 3. The third-order valence-electron chi connectivity index (χ3n) is 5.51. The molecule has 1 unspecified atom stereocenters. The number of nitrogens with two attached hydrogens (primary N) is 1. The minimum absolute atomic E-state index is 0.0679. The van der Waals surface area contributed by atoms with Crippen molar-refractivity contribution < 1.29 is 18.7 Å². The fraction of sp³-hybridized carbons (Fsp3) is 0.474. The van der Waals surface area contributed by atoms with E-state index in [1.54, 1.807) is 6.07 Å². The molecular weight excluding hydrogens is 337 g/mol. The minimum Gasteiger partial charge on any atom is -0.486 e. The van der Waals surface area contributed by atoms with Gasteiger partial charge >= 0.3 is 0 Å². The van der Waals surface area contributed by atoms with Gasteiger partial charge < -0.3 is 20.7 Å². The molecule has 2 heterocycles. The Hall–Kier alpha value is -2.41. The highest BCUT2D eigenvalue weighted by Gasteiger charge is 2.40. The average Bonchev–Trinajstić information content (AvgIpc) is 3.15. The molecule has 26 heavy (non-hydrogen) atoms. The number of carbonyl (C=O) groups is 2. The number of nitrogens with one attached hydrogen (secondary N) is 1. The van der Waals surface area contributed by atoms with Crippen LogP contribution in [0.25, 0.3) is 0 Å². The summed E-state index contributed by atoms with van der Waals surface area (Å²) >= 11 is 0. The van der Waals surface area contributed by atoms with E-state index in [0.717, 1.165) is 19.3 Å². The van der Waals surface area contributed by atoms with E-state index in [2.05, 4.69) is 11.9 Å². The number of hydrogen-bond acceptors (Lipinski definition) is 4. The predicted octanol–water partition coefficient (Wildman–Crippen LogP) is 1.83. The second kappa shape index (κ2) is 6.39. The van der Waals surface area contributed by atoms with Gasteiger partial charge in [0.05, 0.1) is 6.54 Å². The maximum atomic E-state index is 15.0. The van der Waals surface area contributed by atoms with Crippen molar-refractivity contribution in [3.8, 4) is 5.75 Å². The zero-order valence-electron chi connectivity index (χ0n) is 14.5. The number of hydrogen-bond donors (Lipinski definition) is 2. The number of allylic oxidation sites excluding steroid dienone is 1. The summed E-state index contributed by atoms with van der Waals surface area (Å²) in [6, 6.07) is 2.37. The van der Waals surface area contributed by atoms with Gasteiger partial charge in [-0.2, -0.15) is 0 Å². The molecule has 138 valence electrons. The Kier molecular flexibility index (Phi) is 4.19. The second-order valence-electron chi connectivity index (χ2n) is 7.24. The molecule has 4 rings (SSSR count). The van der Waals surface area contributed by atoms with Crippen LogP contribution in [0.3, 0.4) is 0 Å². The Labute approximate surface area is 151 Å². The van der Waals surface area contributed by atoms with E-state index in [0.29, 0.717) is 24.1 Å². The van der Waals surface area contributed by atoms with Crippen molar-refractivity contribution in [2.24, 2.45) is 5.73 Å². The third kappa shape index (κ3) is 2.76. The zero-order valence-corrected chi connectivity index (χ0v) is 14.5. The topological polar surface area (TPSA) is 84.7 Å². The molecule has 1 saturated carbocycles. The smallest absolute Gasteiger partial charge is 0.255 e. The predicted molar refractivity (Wildman–Crippen MR) is 92.8 cm³/mol. The van der Waals surface area contributed by atoms with E-state index in [9.17, 15) is 14.0 Å². The summed E-state index contributed by atoms with van der Waals surface area (Å²) < 4.78 is 20.7. The number of halogens is 1. The number of amides is 2. The molecule has 0 radical (unpaired) electrons. The molecule has 1 aromatic rings. The Balaban J connectivity index is 1.57. The summed E-state index contributed by atoms with van der Waals surface area (Å²) in [5, 5.41) is 2.67. The maximum Gasteiger partial charge on any atom is 0.255 e. The number of ether oxygens (including phenoxy) is 1. The van der Waals surface area contributed by atoms with Crippen LogP contribution in [0.5, 0.6) is 5.75 Å². The van der Waals surface area contributed by atoms with Crippen LogP contribution in [0.15, 0.2) is 24.4 Å². The summed E-state index contributed by atoms with van der Waals surface area (Å²) in [6.45, 7) is 3.81. The number of carbonyl (C=O) groups excluding carboxylic acids is 2. The fourth-order valence-corrected chi connectivity index (χ4v) is 4.02. The van der Waals surface area contributed by atoms with Crippen LogP contribution in [-0.4, -0.2) is 34.9 Å². The van der Waals surface area contributed by atoms with Crippen molar-refractivity contribution in [3.05, 3.63) is 41.4 Å². The van der Waals surface area contributed by atoms with E-state index < -0.39 is 11.9 Å². The molecule has 6 nitrogen and oxygen atoms in total. The van der Waals surface area contributed by atoms with Gasteiger partial charge in [0.1, 0.15) is 12.1 Å². The molecule has 1 aliphatic carbocycles. The largest absolute Gasteiger partial charge is 0.486 e. The van der Waals surface area contributed by atoms with Crippen LogP contribution >= 0.6 is 0 Å². The van der Waals surface area contributed by atoms with E-state index >= 15 is 0 Å². The van der Waals surface area contributed by atoms with Crippen LogP contribution < -0.4 is 15.8 Å². The molecule has 0 aromatic heterocycles. The average molecular weight is 359 g/mol. The SMILES string of the molecule is C=C1CCC(N2Cc3c(ccc(O[C@@H]4CCC[C@H]4N)c3F)C2=O)C(=O)N1. The molecule has 1 saturated heterocycles. The Morgan fingerprint density at radius 2 is 2.08 bits per heavy atom. The van der Waals surface area contributed by atoms with Crippen molar-refractivity contribution in [2.45, 2.75) is 56.8 Å². The van der Waals surface area contributed by atoms with Gasteiger partial charge in [-0.3, -0.25) is 9.59 Å². The van der Waals surface area contributed by atoms with E-state index in [4.69, 9.17) is 10.5 Å². The second-order valence-corrected chi connectivity index (χ2v) is 7.24. The van der Waals surface area contributed by atoms with Gasteiger partial charge in [-0.15, -0.1) is 0 Å². The fourth-order valence-electron chi connectivity index (χ4n) is 4.02. The van der Waals surface area contributed by atoms with Crippen molar-refractivity contribution in [2.75, 3.05) is 0 Å². The first-order chi connectivity index (χ1) is 12.5. The van der Waals surface area contributed by atoms with Gasteiger partial charge in [-0.1, -0.05) is 6.58 Å². The number of benzene rings is 1. The molecule has 2 amide bonds.